The monoisotopic (exact) mass is 318 g/mol. The first-order valence-electron chi connectivity index (χ1n) is 8.29. The van der Waals surface area contributed by atoms with Gasteiger partial charge in [-0.1, -0.05) is 48.0 Å². The summed E-state index contributed by atoms with van der Waals surface area (Å²) < 4.78 is 12.2. The highest BCUT2D eigenvalue weighted by molar-refractivity contribution is 6.77. The van der Waals surface area contributed by atoms with Crippen molar-refractivity contribution in [2.45, 2.75) is 90.1 Å². The van der Waals surface area contributed by atoms with Crippen LogP contribution in [0.1, 0.15) is 54.4 Å². The van der Waals surface area contributed by atoms with Gasteiger partial charge in [-0.3, -0.25) is 0 Å². The molecule has 0 saturated heterocycles. The third kappa shape index (κ3) is 5.62. The van der Waals surface area contributed by atoms with E-state index in [0.717, 1.165) is 6.61 Å². The van der Waals surface area contributed by atoms with E-state index in [1.807, 2.05) is 7.11 Å². The molecule has 0 aliphatic carbocycles. The maximum Gasteiger partial charge on any atom is 0.200 e. The second kappa shape index (κ2) is 8.71. The first kappa shape index (κ1) is 20.4. The average Bonchev–Trinajstić information content (AvgIpc) is 2.32. The lowest BCUT2D eigenvalue weighted by molar-refractivity contribution is 0.270. The molecule has 0 radical (unpaired) electrons. The minimum absolute atomic E-state index is 0.687. The van der Waals surface area contributed by atoms with Crippen LogP contribution < -0.4 is 0 Å². The van der Waals surface area contributed by atoms with E-state index in [1.54, 1.807) is 0 Å². The summed E-state index contributed by atoms with van der Waals surface area (Å²) in [7, 11) is -1.18. The molecule has 2 nitrogen and oxygen atoms in total. The summed E-state index contributed by atoms with van der Waals surface area (Å²) in [5.74, 6) is 0. The van der Waals surface area contributed by atoms with Crippen LogP contribution in [0.5, 0.6) is 0 Å². The molecule has 4 heteroatoms. The highest BCUT2D eigenvalue weighted by atomic mass is 28.4. The predicted octanol–water partition coefficient (Wildman–Crippen LogP) is 5.81. The van der Waals surface area contributed by atoms with Crippen LogP contribution in [0.25, 0.3) is 0 Å². The lowest BCUT2D eigenvalue weighted by Crippen LogP contribution is -2.48. The standard InChI is InChI=1S/C16H38O2Si2/c1-14(2)20(15(3)4,16(5)6)18-12-10-11-13-19(8,9)17-7/h14-16H,10-13H2,1-9H3. The first-order valence-corrected chi connectivity index (χ1v) is 13.5. The maximum atomic E-state index is 6.58. The van der Waals surface area contributed by atoms with Crippen molar-refractivity contribution in [2.24, 2.45) is 0 Å². The quantitative estimate of drug-likeness (QED) is 0.374. The van der Waals surface area contributed by atoms with E-state index < -0.39 is 16.6 Å². The van der Waals surface area contributed by atoms with Crippen molar-refractivity contribution in [3.8, 4) is 0 Å². The zero-order valence-electron chi connectivity index (χ0n) is 15.4. The molecule has 0 N–H and O–H groups in total. The Kier molecular flexibility index (Phi) is 8.87. The summed E-state index contributed by atoms with van der Waals surface area (Å²) in [4.78, 5) is 0. The highest BCUT2D eigenvalue weighted by Gasteiger charge is 2.44. The molecule has 0 fully saturated rings. The van der Waals surface area contributed by atoms with E-state index in [0.29, 0.717) is 16.6 Å². The van der Waals surface area contributed by atoms with Crippen molar-refractivity contribution >= 4 is 16.6 Å². The third-order valence-corrected chi connectivity index (χ3v) is 13.6. The zero-order valence-corrected chi connectivity index (χ0v) is 17.4. The van der Waals surface area contributed by atoms with Gasteiger partial charge in [0.25, 0.3) is 0 Å². The molecule has 0 aliphatic rings. The van der Waals surface area contributed by atoms with Crippen molar-refractivity contribution in [3.63, 3.8) is 0 Å². The van der Waals surface area contributed by atoms with E-state index in [9.17, 15) is 0 Å². The van der Waals surface area contributed by atoms with E-state index in [2.05, 4.69) is 54.6 Å². The van der Waals surface area contributed by atoms with Gasteiger partial charge in [-0.2, -0.15) is 0 Å². The van der Waals surface area contributed by atoms with E-state index in [-0.39, 0.29) is 0 Å². The molecule has 0 rings (SSSR count). The summed E-state index contributed by atoms with van der Waals surface area (Å²) in [6.07, 6.45) is 2.42. The van der Waals surface area contributed by atoms with Crippen molar-refractivity contribution in [3.05, 3.63) is 0 Å². The third-order valence-electron chi connectivity index (χ3n) is 4.78. The minimum Gasteiger partial charge on any atom is -0.420 e. The van der Waals surface area contributed by atoms with E-state index >= 15 is 0 Å². The molecule has 0 heterocycles. The normalized spacial score (nSPS) is 13.8. The van der Waals surface area contributed by atoms with Gasteiger partial charge in [0.05, 0.1) is 0 Å². The smallest absolute Gasteiger partial charge is 0.200 e. The Morgan fingerprint density at radius 1 is 0.800 bits per heavy atom. The molecule has 0 aromatic rings. The zero-order chi connectivity index (χ0) is 16.0. The summed E-state index contributed by atoms with van der Waals surface area (Å²) in [5.41, 5.74) is 2.06. The van der Waals surface area contributed by atoms with E-state index in [1.165, 1.54) is 18.9 Å². The van der Waals surface area contributed by atoms with Crippen molar-refractivity contribution in [2.75, 3.05) is 13.7 Å². The highest BCUT2D eigenvalue weighted by Crippen LogP contribution is 2.42. The Bertz CT molecular complexity index is 241. The SMILES string of the molecule is CO[Si](C)(C)CCCCO[Si](C(C)C)(C(C)C)C(C)C. The van der Waals surface area contributed by atoms with Crippen LogP contribution in [0, 0.1) is 0 Å². The van der Waals surface area contributed by atoms with Gasteiger partial charge < -0.3 is 8.85 Å². The molecule has 0 bridgehead atoms. The van der Waals surface area contributed by atoms with Gasteiger partial charge in [0, 0.05) is 13.7 Å². The first-order chi connectivity index (χ1) is 9.10. The van der Waals surface area contributed by atoms with Crippen LogP contribution in [-0.4, -0.2) is 30.4 Å². The van der Waals surface area contributed by atoms with Crippen LogP contribution in [0.15, 0.2) is 0 Å². The van der Waals surface area contributed by atoms with Gasteiger partial charge in [-0.05, 0) is 42.2 Å². The molecular weight excluding hydrogens is 280 g/mol. The summed E-state index contributed by atoms with van der Waals surface area (Å²) >= 11 is 0. The Labute approximate surface area is 129 Å². The minimum atomic E-state index is -1.65. The van der Waals surface area contributed by atoms with Crippen molar-refractivity contribution < 1.29 is 8.85 Å². The Morgan fingerprint density at radius 2 is 1.25 bits per heavy atom. The second-order valence-electron chi connectivity index (χ2n) is 7.59. The molecule has 0 aliphatic heterocycles. The molecule has 0 amide bonds. The van der Waals surface area contributed by atoms with Crippen LogP contribution in [-0.2, 0) is 8.85 Å². The molecule has 0 atom stereocenters. The predicted molar refractivity (Wildman–Crippen MR) is 95.5 cm³/mol. The molecule has 0 unspecified atom stereocenters. The number of unbranched alkanes of at least 4 members (excludes halogenated alkanes) is 1. The van der Waals surface area contributed by atoms with E-state index in [4.69, 9.17) is 8.85 Å². The molecule has 0 aromatic heterocycles. The molecular formula is C16H38O2Si2. The summed E-state index contributed by atoms with van der Waals surface area (Å²) in [5, 5.41) is 0. The number of rotatable bonds is 10. The molecule has 122 valence electrons. The fourth-order valence-corrected chi connectivity index (χ4v) is 10.3. The van der Waals surface area contributed by atoms with Gasteiger partial charge in [0.15, 0.2) is 16.6 Å². The van der Waals surface area contributed by atoms with Gasteiger partial charge in [0.2, 0.25) is 0 Å². The largest absolute Gasteiger partial charge is 0.420 e. The van der Waals surface area contributed by atoms with Gasteiger partial charge >= 0.3 is 0 Å². The van der Waals surface area contributed by atoms with Crippen molar-refractivity contribution in [1.82, 2.24) is 0 Å². The molecule has 0 saturated carbocycles. The van der Waals surface area contributed by atoms with Gasteiger partial charge in [0.1, 0.15) is 0 Å². The van der Waals surface area contributed by atoms with Crippen LogP contribution in [0.3, 0.4) is 0 Å². The van der Waals surface area contributed by atoms with Gasteiger partial charge in [-0.25, -0.2) is 0 Å². The topological polar surface area (TPSA) is 18.5 Å². The Hall–Kier alpha value is 0.354. The fourth-order valence-electron chi connectivity index (χ4n) is 3.50. The van der Waals surface area contributed by atoms with Crippen molar-refractivity contribution in [1.29, 1.82) is 0 Å². The Balaban J connectivity index is 4.37. The fraction of sp³-hybridized carbons (Fsp3) is 1.00. The lowest BCUT2D eigenvalue weighted by atomic mass is 10.4. The lowest BCUT2D eigenvalue weighted by Gasteiger charge is -2.42. The molecule has 0 aromatic carbocycles. The van der Waals surface area contributed by atoms with Crippen LogP contribution in [0.4, 0.5) is 0 Å². The average molecular weight is 319 g/mol. The summed E-state index contributed by atoms with van der Waals surface area (Å²) in [6, 6.07) is 1.24. The maximum absolute atomic E-state index is 6.58. The van der Waals surface area contributed by atoms with Gasteiger partial charge in [-0.15, -0.1) is 0 Å². The van der Waals surface area contributed by atoms with Crippen LogP contribution >= 0.6 is 0 Å². The number of hydrogen-bond acceptors (Lipinski definition) is 2. The van der Waals surface area contributed by atoms with Crippen LogP contribution in [0.2, 0.25) is 35.8 Å². The summed E-state index contributed by atoms with van der Waals surface area (Å²) in [6.45, 7) is 19.7. The molecule has 20 heavy (non-hydrogen) atoms. The number of hydrogen-bond donors (Lipinski definition) is 0. The second-order valence-corrected chi connectivity index (χ2v) is 17.5. The molecule has 0 spiro atoms. The Morgan fingerprint density at radius 3 is 1.60 bits per heavy atom.